The number of hydrogen-bond donors (Lipinski definition) is 0. The number of hydrogen-bond acceptors (Lipinski definition) is 1. The summed E-state index contributed by atoms with van der Waals surface area (Å²) in [6.07, 6.45) is 23.5. The first-order chi connectivity index (χ1) is 11.4. The van der Waals surface area contributed by atoms with E-state index in [2.05, 4.69) is 31.0 Å². The van der Waals surface area contributed by atoms with Crippen molar-refractivity contribution in [3.8, 4) is 0 Å². The molecule has 1 heteroatoms. The Morgan fingerprint density at radius 2 is 1.09 bits per heavy atom. The Kier molecular flexibility index (Phi) is 12.9. The van der Waals surface area contributed by atoms with Crippen molar-refractivity contribution in [2.24, 2.45) is 0 Å². The van der Waals surface area contributed by atoms with Gasteiger partial charge < -0.3 is 0 Å². The lowest BCUT2D eigenvalue weighted by Gasteiger charge is -2.17. The molecule has 0 radical (unpaired) electrons. The average molecular weight is 318 g/mol. The van der Waals surface area contributed by atoms with Crippen LogP contribution in [0.2, 0.25) is 0 Å². The van der Waals surface area contributed by atoms with Gasteiger partial charge in [-0.2, -0.15) is 0 Å². The lowest BCUT2D eigenvalue weighted by molar-refractivity contribution is 0.486. The van der Waals surface area contributed by atoms with Gasteiger partial charge in [0.25, 0.3) is 0 Å². The largest absolute Gasteiger partial charge is 0.265 e. The van der Waals surface area contributed by atoms with Gasteiger partial charge in [-0.3, -0.25) is 4.98 Å². The van der Waals surface area contributed by atoms with E-state index in [1.54, 1.807) is 0 Å². The Morgan fingerprint density at radius 3 is 1.57 bits per heavy atom. The molecule has 132 valence electrons. The van der Waals surface area contributed by atoms with Gasteiger partial charge in [0.1, 0.15) is 0 Å². The van der Waals surface area contributed by atoms with E-state index in [0.29, 0.717) is 0 Å². The fourth-order valence-electron chi connectivity index (χ4n) is 3.46. The molecule has 0 aliphatic carbocycles. The van der Waals surface area contributed by atoms with Crippen LogP contribution in [0, 0.1) is 0 Å². The number of aromatic nitrogens is 1. The smallest absolute Gasteiger partial charge is 0.0270 e. The fraction of sp³-hybridized carbons (Fsp3) is 0.773. The van der Waals surface area contributed by atoms with Crippen molar-refractivity contribution < 1.29 is 0 Å². The van der Waals surface area contributed by atoms with Gasteiger partial charge in [0, 0.05) is 12.4 Å². The molecule has 1 rings (SSSR count). The predicted molar refractivity (Wildman–Crippen MR) is 103 cm³/mol. The lowest BCUT2D eigenvalue weighted by atomic mass is 9.88. The van der Waals surface area contributed by atoms with E-state index in [0.717, 1.165) is 5.92 Å². The Hall–Kier alpha value is -0.850. The molecule has 0 saturated heterocycles. The van der Waals surface area contributed by atoms with E-state index in [1.807, 2.05) is 12.4 Å². The Bertz CT molecular complexity index is 330. The zero-order chi connectivity index (χ0) is 16.6. The number of unbranched alkanes of at least 4 members (excludes halogenated alkanes) is 10. The van der Waals surface area contributed by atoms with Crippen molar-refractivity contribution in [2.45, 2.75) is 110 Å². The van der Waals surface area contributed by atoms with E-state index >= 15 is 0 Å². The van der Waals surface area contributed by atoms with Crippen LogP contribution in [0.25, 0.3) is 0 Å². The normalized spacial score (nSPS) is 11.3. The molecule has 1 heterocycles. The fourth-order valence-corrected chi connectivity index (χ4v) is 3.46. The molecule has 1 nitrogen and oxygen atoms in total. The predicted octanol–water partition coefficient (Wildman–Crippen LogP) is 7.67. The minimum Gasteiger partial charge on any atom is -0.265 e. The van der Waals surface area contributed by atoms with Gasteiger partial charge >= 0.3 is 0 Å². The second kappa shape index (κ2) is 14.7. The quantitative estimate of drug-likeness (QED) is 0.302. The van der Waals surface area contributed by atoms with E-state index in [-0.39, 0.29) is 0 Å². The minimum absolute atomic E-state index is 0.760. The summed E-state index contributed by atoms with van der Waals surface area (Å²) in [4.78, 5) is 4.19. The third-order valence-corrected chi connectivity index (χ3v) is 4.99. The third-order valence-electron chi connectivity index (χ3n) is 4.99. The molecule has 0 fully saturated rings. The van der Waals surface area contributed by atoms with Crippen molar-refractivity contribution >= 4 is 0 Å². The summed E-state index contributed by atoms with van der Waals surface area (Å²) in [6.45, 7) is 4.58. The highest BCUT2D eigenvalue weighted by Crippen LogP contribution is 2.28. The van der Waals surface area contributed by atoms with E-state index in [4.69, 9.17) is 0 Å². The molecule has 0 N–H and O–H groups in total. The van der Waals surface area contributed by atoms with E-state index < -0.39 is 0 Å². The molecule has 0 unspecified atom stereocenters. The molecular weight excluding hydrogens is 278 g/mol. The van der Waals surface area contributed by atoms with Crippen molar-refractivity contribution in [2.75, 3.05) is 0 Å². The first kappa shape index (κ1) is 20.2. The topological polar surface area (TPSA) is 12.9 Å². The number of pyridine rings is 1. The zero-order valence-electron chi connectivity index (χ0n) is 15.7. The maximum Gasteiger partial charge on any atom is 0.0270 e. The van der Waals surface area contributed by atoms with Crippen molar-refractivity contribution in [1.82, 2.24) is 4.98 Å². The van der Waals surface area contributed by atoms with Gasteiger partial charge in [-0.05, 0) is 36.5 Å². The molecular formula is C22H39N. The molecule has 1 aromatic heterocycles. The van der Waals surface area contributed by atoms with Crippen LogP contribution >= 0.6 is 0 Å². The Morgan fingerprint density at radius 1 is 0.652 bits per heavy atom. The van der Waals surface area contributed by atoms with Crippen molar-refractivity contribution in [3.05, 3.63) is 30.1 Å². The molecule has 1 aromatic rings. The molecule has 0 aliphatic rings. The van der Waals surface area contributed by atoms with Crippen LogP contribution in [0.15, 0.2) is 24.5 Å². The minimum atomic E-state index is 0.760. The zero-order valence-corrected chi connectivity index (χ0v) is 15.7. The highest BCUT2D eigenvalue weighted by molar-refractivity contribution is 5.15. The molecule has 0 amide bonds. The summed E-state index contributed by atoms with van der Waals surface area (Å²) >= 11 is 0. The standard InChI is InChI=1S/C22H39N/c1-3-5-7-9-11-13-15-21(22-17-19-23-20-18-22)16-14-12-10-8-6-4-2/h17-21H,3-16H2,1-2H3. The molecule has 0 aliphatic heterocycles. The van der Waals surface area contributed by atoms with Crippen LogP contribution in [0.5, 0.6) is 0 Å². The molecule has 0 aromatic carbocycles. The molecule has 0 bridgehead atoms. The van der Waals surface area contributed by atoms with Gasteiger partial charge in [-0.25, -0.2) is 0 Å². The summed E-state index contributed by atoms with van der Waals surface area (Å²) in [6, 6.07) is 4.47. The molecule has 0 atom stereocenters. The van der Waals surface area contributed by atoms with Gasteiger partial charge in [0.05, 0.1) is 0 Å². The van der Waals surface area contributed by atoms with Crippen LogP contribution < -0.4 is 0 Å². The van der Waals surface area contributed by atoms with Crippen molar-refractivity contribution in [3.63, 3.8) is 0 Å². The summed E-state index contributed by atoms with van der Waals surface area (Å²) in [7, 11) is 0. The molecule has 0 spiro atoms. The van der Waals surface area contributed by atoms with Crippen LogP contribution in [-0.2, 0) is 0 Å². The van der Waals surface area contributed by atoms with E-state index in [9.17, 15) is 0 Å². The summed E-state index contributed by atoms with van der Waals surface area (Å²) in [5.41, 5.74) is 1.52. The van der Waals surface area contributed by atoms with E-state index in [1.165, 1.54) is 95.5 Å². The Labute approximate surface area is 145 Å². The van der Waals surface area contributed by atoms with Gasteiger partial charge in [0.15, 0.2) is 0 Å². The summed E-state index contributed by atoms with van der Waals surface area (Å²) in [5.74, 6) is 0.760. The second-order valence-corrected chi connectivity index (χ2v) is 7.09. The van der Waals surface area contributed by atoms with Crippen LogP contribution in [0.3, 0.4) is 0 Å². The number of nitrogens with zero attached hydrogens (tertiary/aromatic N) is 1. The molecule has 0 saturated carbocycles. The highest BCUT2D eigenvalue weighted by atomic mass is 14.6. The van der Waals surface area contributed by atoms with Gasteiger partial charge in [0.2, 0.25) is 0 Å². The Balaban J connectivity index is 2.26. The SMILES string of the molecule is CCCCCCCCC(CCCCCCCC)c1ccncc1. The van der Waals surface area contributed by atoms with Crippen LogP contribution in [0.1, 0.15) is 115 Å². The summed E-state index contributed by atoms with van der Waals surface area (Å²) in [5, 5.41) is 0. The first-order valence-electron chi connectivity index (χ1n) is 10.3. The second-order valence-electron chi connectivity index (χ2n) is 7.09. The maximum absolute atomic E-state index is 4.19. The highest BCUT2D eigenvalue weighted by Gasteiger charge is 2.11. The van der Waals surface area contributed by atoms with Crippen molar-refractivity contribution in [1.29, 1.82) is 0 Å². The molecule has 23 heavy (non-hydrogen) atoms. The van der Waals surface area contributed by atoms with Gasteiger partial charge in [-0.1, -0.05) is 90.9 Å². The van der Waals surface area contributed by atoms with Gasteiger partial charge in [-0.15, -0.1) is 0 Å². The monoisotopic (exact) mass is 317 g/mol. The number of rotatable bonds is 15. The van der Waals surface area contributed by atoms with Crippen LogP contribution in [-0.4, -0.2) is 4.98 Å². The third kappa shape index (κ3) is 10.5. The summed E-state index contributed by atoms with van der Waals surface area (Å²) < 4.78 is 0. The van der Waals surface area contributed by atoms with Crippen LogP contribution in [0.4, 0.5) is 0 Å². The first-order valence-corrected chi connectivity index (χ1v) is 10.3. The lowest BCUT2D eigenvalue weighted by Crippen LogP contribution is -2.00. The maximum atomic E-state index is 4.19. The average Bonchev–Trinajstić information content (AvgIpc) is 2.60.